The second-order valence-electron chi connectivity index (χ2n) is 6.72. The highest BCUT2D eigenvalue weighted by molar-refractivity contribution is 7.91. The number of anilines is 1. The lowest BCUT2D eigenvalue weighted by molar-refractivity contribution is 0.0956. The summed E-state index contributed by atoms with van der Waals surface area (Å²) in [6.07, 6.45) is 4.14. The Kier molecular flexibility index (Phi) is 5.76. The molecule has 0 saturated carbocycles. The monoisotopic (exact) mass is 396 g/mol. The van der Waals surface area contributed by atoms with E-state index in [9.17, 15) is 13.2 Å². The van der Waals surface area contributed by atoms with Gasteiger partial charge in [-0.05, 0) is 31.2 Å². The summed E-state index contributed by atoms with van der Waals surface area (Å²) in [6.45, 7) is 5.21. The number of carbonyl (C=O) groups excluding carboxylic acids is 1. The van der Waals surface area contributed by atoms with Crippen LogP contribution in [0, 0.1) is 12.8 Å². The summed E-state index contributed by atoms with van der Waals surface area (Å²) < 4.78 is 23.2. The molecule has 0 unspecified atom stereocenters. The molecule has 1 aliphatic heterocycles. The van der Waals surface area contributed by atoms with Crippen LogP contribution in [-0.2, 0) is 9.84 Å². The molecule has 1 aliphatic rings. The van der Waals surface area contributed by atoms with Gasteiger partial charge < -0.3 is 10.6 Å². The van der Waals surface area contributed by atoms with Gasteiger partial charge in [0.05, 0.1) is 21.8 Å². The van der Waals surface area contributed by atoms with E-state index in [0.29, 0.717) is 30.2 Å². The van der Waals surface area contributed by atoms with Crippen LogP contribution in [0.5, 0.6) is 0 Å². The van der Waals surface area contributed by atoms with Gasteiger partial charge in [-0.3, -0.25) is 4.79 Å². The lowest BCUT2D eigenvalue weighted by Gasteiger charge is -2.11. The van der Waals surface area contributed by atoms with Crippen molar-refractivity contribution in [3.63, 3.8) is 0 Å². The summed E-state index contributed by atoms with van der Waals surface area (Å²) in [5, 5.41) is 7.06. The average Bonchev–Trinajstić information content (AvgIpc) is 3.13. The minimum absolute atomic E-state index is 0.0770. The molecule has 0 aliphatic carbocycles. The number of hydrogen-bond acceptors (Lipinski definition) is 7. The molecule has 1 saturated heterocycles. The molecule has 3 heterocycles. The first kappa shape index (κ1) is 19.0. The normalized spacial score (nSPS) is 18.9. The van der Waals surface area contributed by atoms with E-state index in [2.05, 4.69) is 27.5 Å². The van der Waals surface area contributed by atoms with Crippen molar-refractivity contribution in [3.8, 4) is 0 Å². The molecule has 26 heavy (non-hydrogen) atoms. The quantitative estimate of drug-likeness (QED) is 0.697. The van der Waals surface area contributed by atoms with E-state index in [4.69, 9.17) is 0 Å². The first-order valence-electron chi connectivity index (χ1n) is 8.88. The van der Waals surface area contributed by atoms with E-state index in [-0.39, 0.29) is 23.3 Å². The Hall–Kier alpha value is -1.74. The minimum Gasteiger partial charge on any atom is -0.369 e. The molecule has 0 radical (unpaired) electrons. The molecular formula is C17H24N4O3S2. The lowest BCUT2D eigenvalue weighted by atomic mass is 10.1. The predicted molar refractivity (Wildman–Crippen MR) is 105 cm³/mol. The Morgan fingerprint density at radius 1 is 1.38 bits per heavy atom. The summed E-state index contributed by atoms with van der Waals surface area (Å²) >= 11 is 1.36. The SMILES string of the molecule is CCCCNC(=O)c1sc2ncnc(NC[C@@H]3CCS(=O)(=O)C3)c2c1C. The number of aromatic nitrogens is 2. The molecule has 0 bridgehead atoms. The molecule has 2 aromatic heterocycles. The maximum atomic E-state index is 12.4. The molecule has 2 aromatic rings. The summed E-state index contributed by atoms with van der Waals surface area (Å²) in [5.74, 6) is 1.17. The van der Waals surface area contributed by atoms with Crippen LogP contribution in [0.15, 0.2) is 6.33 Å². The van der Waals surface area contributed by atoms with Gasteiger partial charge in [0.1, 0.15) is 17.0 Å². The van der Waals surface area contributed by atoms with Crippen molar-refractivity contribution in [1.29, 1.82) is 0 Å². The Bertz CT molecular complexity index is 908. The molecule has 0 aromatic carbocycles. The van der Waals surface area contributed by atoms with Crippen molar-refractivity contribution >= 4 is 43.1 Å². The molecule has 142 valence electrons. The number of nitrogens with zero attached hydrogens (tertiary/aromatic N) is 2. The minimum atomic E-state index is -2.89. The number of aryl methyl sites for hydroxylation is 1. The van der Waals surface area contributed by atoms with Crippen LogP contribution in [0.4, 0.5) is 5.82 Å². The smallest absolute Gasteiger partial charge is 0.261 e. The summed E-state index contributed by atoms with van der Waals surface area (Å²) in [5.41, 5.74) is 0.862. The standard InChI is InChI=1S/C17H24N4O3S2/c1-3-4-6-18-16(22)14-11(2)13-15(20-10-21-17(13)25-14)19-8-12-5-7-26(23,24)9-12/h10,12H,3-9H2,1-2H3,(H,18,22)(H,19,20,21)/t12-/m0/s1. The molecule has 2 N–H and O–H groups in total. The number of thiophene rings is 1. The zero-order chi connectivity index (χ0) is 18.7. The van der Waals surface area contributed by atoms with Crippen molar-refractivity contribution < 1.29 is 13.2 Å². The van der Waals surface area contributed by atoms with Crippen molar-refractivity contribution in [2.75, 3.05) is 29.9 Å². The second kappa shape index (κ2) is 7.87. The van der Waals surface area contributed by atoms with Crippen LogP contribution < -0.4 is 10.6 Å². The molecular weight excluding hydrogens is 372 g/mol. The van der Waals surface area contributed by atoms with Gasteiger partial charge in [-0.1, -0.05) is 13.3 Å². The molecule has 1 amide bonds. The van der Waals surface area contributed by atoms with Gasteiger partial charge in [-0.25, -0.2) is 18.4 Å². The zero-order valence-electron chi connectivity index (χ0n) is 15.0. The molecule has 0 spiro atoms. The Balaban J connectivity index is 1.78. The zero-order valence-corrected chi connectivity index (χ0v) is 16.7. The number of fused-ring (bicyclic) bond motifs is 1. The van der Waals surface area contributed by atoms with E-state index in [0.717, 1.165) is 28.6 Å². The molecule has 1 atom stereocenters. The van der Waals surface area contributed by atoms with E-state index in [1.165, 1.54) is 17.7 Å². The van der Waals surface area contributed by atoms with Gasteiger partial charge in [-0.15, -0.1) is 11.3 Å². The summed E-state index contributed by atoms with van der Waals surface area (Å²) in [7, 11) is -2.89. The lowest BCUT2D eigenvalue weighted by Crippen LogP contribution is -2.24. The molecule has 7 nitrogen and oxygen atoms in total. The van der Waals surface area contributed by atoms with E-state index in [1.54, 1.807) is 0 Å². The van der Waals surface area contributed by atoms with Crippen molar-refractivity contribution in [2.24, 2.45) is 5.92 Å². The fraction of sp³-hybridized carbons (Fsp3) is 0.588. The highest BCUT2D eigenvalue weighted by Crippen LogP contribution is 2.33. The van der Waals surface area contributed by atoms with E-state index in [1.807, 2.05) is 6.92 Å². The number of sulfone groups is 1. The van der Waals surface area contributed by atoms with Crippen LogP contribution in [0.25, 0.3) is 10.2 Å². The Morgan fingerprint density at radius 3 is 2.88 bits per heavy atom. The Labute approximate surface area is 157 Å². The number of unbranched alkanes of at least 4 members (excludes halogenated alkanes) is 1. The number of nitrogens with one attached hydrogen (secondary N) is 2. The highest BCUT2D eigenvalue weighted by Gasteiger charge is 2.28. The second-order valence-corrected chi connectivity index (χ2v) is 9.95. The maximum Gasteiger partial charge on any atom is 0.261 e. The van der Waals surface area contributed by atoms with Gasteiger partial charge in [0.25, 0.3) is 5.91 Å². The molecule has 3 rings (SSSR count). The largest absolute Gasteiger partial charge is 0.369 e. The van der Waals surface area contributed by atoms with Crippen LogP contribution >= 0.6 is 11.3 Å². The van der Waals surface area contributed by atoms with E-state index < -0.39 is 9.84 Å². The van der Waals surface area contributed by atoms with Crippen LogP contribution in [0.3, 0.4) is 0 Å². The van der Waals surface area contributed by atoms with Gasteiger partial charge in [0.15, 0.2) is 9.84 Å². The average molecular weight is 397 g/mol. The third-order valence-electron chi connectivity index (χ3n) is 4.63. The summed E-state index contributed by atoms with van der Waals surface area (Å²) in [4.78, 5) is 22.5. The van der Waals surface area contributed by atoms with Crippen molar-refractivity contribution in [1.82, 2.24) is 15.3 Å². The number of amides is 1. The third-order valence-corrected chi connectivity index (χ3v) is 7.67. The topological polar surface area (TPSA) is 101 Å². The molecule has 9 heteroatoms. The number of hydrogen-bond donors (Lipinski definition) is 2. The fourth-order valence-corrected chi connectivity index (χ4v) is 6.08. The van der Waals surface area contributed by atoms with Crippen molar-refractivity contribution in [2.45, 2.75) is 33.1 Å². The first-order valence-corrected chi connectivity index (χ1v) is 11.5. The molecule has 1 fully saturated rings. The third kappa shape index (κ3) is 4.15. The number of rotatable bonds is 7. The van der Waals surface area contributed by atoms with Crippen LogP contribution in [0.1, 0.15) is 41.4 Å². The van der Waals surface area contributed by atoms with Crippen molar-refractivity contribution in [3.05, 3.63) is 16.8 Å². The van der Waals surface area contributed by atoms with E-state index >= 15 is 0 Å². The van der Waals surface area contributed by atoms with Gasteiger partial charge in [0.2, 0.25) is 0 Å². The van der Waals surface area contributed by atoms with Gasteiger partial charge in [0, 0.05) is 13.1 Å². The maximum absolute atomic E-state index is 12.4. The highest BCUT2D eigenvalue weighted by atomic mass is 32.2. The fourth-order valence-electron chi connectivity index (χ4n) is 3.16. The van der Waals surface area contributed by atoms with Crippen LogP contribution in [-0.4, -0.2) is 48.9 Å². The number of carbonyl (C=O) groups is 1. The van der Waals surface area contributed by atoms with Crippen LogP contribution in [0.2, 0.25) is 0 Å². The predicted octanol–water partition coefficient (Wildman–Crippen LogP) is 2.38. The summed E-state index contributed by atoms with van der Waals surface area (Å²) in [6, 6.07) is 0. The Morgan fingerprint density at radius 2 is 2.19 bits per heavy atom. The first-order chi connectivity index (χ1) is 12.4. The van der Waals surface area contributed by atoms with Gasteiger partial charge in [-0.2, -0.15) is 0 Å². The van der Waals surface area contributed by atoms with Gasteiger partial charge >= 0.3 is 0 Å².